The summed E-state index contributed by atoms with van der Waals surface area (Å²) in [6.07, 6.45) is 3.17. The Morgan fingerprint density at radius 1 is 0.875 bits per heavy atom. The molecular weight excluding hydrogens is 394 g/mol. The minimum atomic E-state index is 0.0963. The minimum absolute atomic E-state index is 0.0963. The van der Waals surface area contributed by atoms with E-state index in [0.29, 0.717) is 6.61 Å². The second-order valence-corrected chi connectivity index (χ2v) is 8.32. The topological polar surface area (TPSA) is 37.4 Å². The van der Waals surface area contributed by atoms with Gasteiger partial charge in [0.25, 0.3) is 0 Å². The maximum Gasteiger partial charge on any atom is 0.124 e. The number of benzene rings is 3. The van der Waals surface area contributed by atoms with Crippen LogP contribution in [0.3, 0.4) is 0 Å². The molecule has 1 aliphatic rings. The molecule has 32 heavy (non-hydrogen) atoms. The SMILES string of the molecule is c1ccc(COc2ccccc2C(c2cnc3ccccc3c2)N2CCCNCC2)cc1. The molecule has 2 heterocycles. The lowest BCUT2D eigenvalue weighted by Crippen LogP contribution is -2.33. The van der Waals surface area contributed by atoms with Gasteiger partial charge in [-0.05, 0) is 42.3 Å². The number of nitrogens with one attached hydrogen (secondary N) is 1. The maximum atomic E-state index is 6.37. The van der Waals surface area contributed by atoms with Crippen molar-refractivity contribution in [3.63, 3.8) is 0 Å². The molecule has 1 fully saturated rings. The normalized spacial score (nSPS) is 15.9. The second kappa shape index (κ2) is 9.94. The van der Waals surface area contributed by atoms with Crippen LogP contribution in [0.1, 0.15) is 29.2 Å². The van der Waals surface area contributed by atoms with Gasteiger partial charge in [0.05, 0.1) is 11.6 Å². The molecule has 0 saturated carbocycles. The molecule has 5 rings (SSSR count). The third-order valence-electron chi connectivity index (χ3n) is 6.12. The van der Waals surface area contributed by atoms with Gasteiger partial charge in [-0.15, -0.1) is 0 Å². The van der Waals surface area contributed by atoms with Crippen molar-refractivity contribution < 1.29 is 4.74 Å². The highest BCUT2D eigenvalue weighted by atomic mass is 16.5. The molecule has 1 aliphatic heterocycles. The number of para-hydroxylation sites is 2. The number of rotatable bonds is 6. The summed E-state index contributed by atoms with van der Waals surface area (Å²) in [5.41, 5.74) is 4.61. The Kier molecular flexibility index (Phi) is 6.42. The van der Waals surface area contributed by atoms with Gasteiger partial charge in [-0.3, -0.25) is 9.88 Å². The van der Waals surface area contributed by atoms with Crippen LogP contribution in [0.2, 0.25) is 0 Å². The predicted octanol–water partition coefficient (Wildman–Crippen LogP) is 5.20. The molecule has 0 bridgehead atoms. The molecule has 1 aromatic heterocycles. The van der Waals surface area contributed by atoms with Crippen LogP contribution in [-0.4, -0.2) is 36.1 Å². The summed E-state index contributed by atoms with van der Waals surface area (Å²) < 4.78 is 6.37. The first-order valence-corrected chi connectivity index (χ1v) is 11.4. The average Bonchev–Trinajstić information content (AvgIpc) is 3.14. The van der Waals surface area contributed by atoms with Gasteiger partial charge in [0, 0.05) is 36.8 Å². The van der Waals surface area contributed by atoms with E-state index in [4.69, 9.17) is 9.72 Å². The van der Waals surface area contributed by atoms with E-state index >= 15 is 0 Å². The molecule has 0 spiro atoms. The molecule has 3 aromatic carbocycles. The standard InChI is InChI=1S/C28H29N3O/c1-2-9-22(10-3-1)21-32-27-14-7-5-12-25(27)28(31-17-8-15-29-16-18-31)24-19-23-11-4-6-13-26(23)30-20-24/h1-7,9-14,19-20,28-29H,8,15-18,21H2. The highest BCUT2D eigenvalue weighted by Crippen LogP contribution is 2.36. The molecule has 1 N–H and O–H groups in total. The lowest BCUT2D eigenvalue weighted by atomic mass is 9.96. The number of aromatic nitrogens is 1. The van der Waals surface area contributed by atoms with E-state index < -0.39 is 0 Å². The van der Waals surface area contributed by atoms with Crippen molar-refractivity contribution in [3.05, 3.63) is 108 Å². The number of hydrogen-bond acceptors (Lipinski definition) is 4. The number of pyridine rings is 1. The third kappa shape index (κ3) is 4.67. The van der Waals surface area contributed by atoms with Gasteiger partial charge in [-0.2, -0.15) is 0 Å². The summed E-state index contributed by atoms with van der Waals surface area (Å²) in [7, 11) is 0. The van der Waals surface area contributed by atoms with Crippen molar-refractivity contribution in [3.8, 4) is 5.75 Å². The molecule has 162 valence electrons. The molecular formula is C28H29N3O. The highest BCUT2D eigenvalue weighted by Gasteiger charge is 2.26. The quantitative estimate of drug-likeness (QED) is 0.463. The molecule has 1 unspecified atom stereocenters. The van der Waals surface area contributed by atoms with Gasteiger partial charge >= 0.3 is 0 Å². The van der Waals surface area contributed by atoms with Crippen LogP contribution < -0.4 is 10.1 Å². The van der Waals surface area contributed by atoms with E-state index in [-0.39, 0.29) is 6.04 Å². The maximum absolute atomic E-state index is 6.37. The van der Waals surface area contributed by atoms with Crippen LogP contribution >= 0.6 is 0 Å². The van der Waals surface area contributed by atoms with Crippen molar-refractivity contribution >= 4 is 10.9 Å². The summed E-state index contributed by atoms with van der Waals surface area (Å²) in [4.78, 5) is 7.35. The second-order valence-electron chi connectivity index (χ2n) is 8.32. The van der Waals surface area contributed by atoms with E-state index in [1.807, 2.05) is 18.3 Å². The van der Waals surface area contributed by atoms with Crippen LogP contribution in [0.5, 0.6) is 5.75 Å². The number of ether oxygens (including phenoxy) is 1. The lowest BCUT2D eigenvalue weighted by molar-refractivity contribution is 0.230. The number of nitrogens with zero attached hydrogens (tertiary/aromatic N) is 2. The molecule has 0 aliphatic carbocycles. The first kappa shape index (κ1) is 20.7. The van der Waals surface area contributed by atoms with E-state index in [1.165, 1.54) is 22.1 Å². The van der Waals surface area contributed by atoms with E-state index in [1.54, 1.807) is 0 Å². The number of fused-ring (bicyclic) bond motifs is 1. The van der Waals surface area contributed by atoms with E-state index in [2.05, 4.69) is 83.0 Å². The molecule has 4 aromatic rings. The summed E-state index contributed by atoms with van der Waals surface area (Å²) in [6, 6.07) is 29.5. The third-order valence-corrected chi connectivity index (χ3v) is 6.12. The summed E-state index contributed by atoms with van der Waals surface area (Å²) >= 11 is 0. The van der Waals surface area contributed by atoms with E-state index in [9.17, 15) is 0 Å². The van der Waals surface area contributed by atoms with Crippen molar-refractivity contribution in [2.75, 3.05) is 26.2 Å². The van der Waals surface area contributed by atoms with Gasteiger partial charge in [-0.1, -0.05) is 66.7 Å². The Morgan fingerprint density at radius 2 is 1.69 bits per heavy atom. The molecule has 1 saturated heterocycles. The highest BCUT2D eigenvalue weighted by molar-refractivity contribution is 5.79. The molecule has 1 atom stereocenters. The lowest BCUT2D eigenvalue weighted by Gasteiger charge is -2.32. The minimum Gasteiger partial charge on any atom is -0.489 e. The average molecular weight is 424 g/mol. The fourth-order valence-corrected chi connectivity index (χ4v) is 4.52. The monoisotopic (exact) mass is 423 g/mol. The van der Waals surface area contributed by atoms with Gasteiger partial charge in [0.2, 0.25) is 0 Å². The van der Waals surface area contributed by atoms with Gasteiger partial charge in [0.15, 0.2) is 0 Å². The Hall–Kier alpha value is -3.21. The Bertz CT molecular complexity index is 1150. The first-order chi connectivity index (χ1) is 15.9. The van der Waals surface area contributed by atoms with Gasteiger partial charge < -0.3 is 10.1 Å². The molecule has 0 radical (unpaired) electrons. The van der Waals surface area contributed by atoms with Crippen LogP contribution in [0.25, 0.3) is 10.9 Å². The molecule has 0 amide bonds. The van der Waals surface area contributed by atoms with Crippen molar-refractivity contribution in [2.24, 2.45) is 0 Å². The van der Waals surface area contributed by atoms with Crippen LogP contribution in [0, 0.1) is 0 Å². The smallest absolute Gasteiger partial charge is 0.124 e. The van der Waals surface area contributed by atoms with Crippen molar-refractivity contribution in [1.82, 2.24) is 15.2 Å². The summed E-state index contributed by atoms with van der Waals surface area (Å²) in [5.74, 6) is 0.937. The van der Waals surface area contributed by atoms with Crippen molar-refractivity contribution in [1.29, 1.82) is 0 Å². The zero-order valence-corrected chi connectivity index (χ0v) is 18.3. The summed E-state index contributed by atoms with van der Waals surface area (Å²) in [5, 5.41) is 4.71. The van der Waals surface area contributed by atoms with Gasteiger partial charge in [-0.25, -0.2) is 0 Å². The Balaban J connectivity index is 1.54. The molecule has 4 nitrogen and oxygen atoms in total. The van der Waals surface area contributed by atoms with Crippen LogP contribution in [-0.2, 0) is 6.61 Å². The number of hydrogen-bond donors (Lipinski definition) is 1. The van der Waals surface area contributed by atoms with Crippen molar-refractivity contribution in [2.45, 2.75) is 19.1 Å². The Morgan fingerprint density at radius 3 is 2.62 bits per heavy atom. The summed E-state index contributed by atoms with van der Waals surface area (Å²) in [6.45, 7) is 4.64. The largest absolute Gasteiger partial charge is 0.489 e. The first-order valence-electron chi connectivity index (χ1n) is 11.4. The molecule has 4 heteroatoms. The van der Waals surface area contributed by atoms with Crippen LogP contribution in [0.15, 0.2) is 91.1 Å². The predicted molar refractivity (Wildman–Crippen MR) is 130 cm³/mol. The zero-order chi connectivity index (χ0) is 21.6. The fraction of sp³-hybridized carbons (Fsp3) is 0.250. The fourth-order valence-electron chi connectivity index (χ4n) is 4.52. The van der Waals surface area contributed by atoms with Crippen LogP contribution in [0.4, 0.5) is 0 Å². The van der Waals surface area contributed by atoms with E-state index in [0.717, 1.165) is 43.9 Å². The Labute approximate surface area is 189 Å². The van der Waals surface area contributed by atoms with Gasteiger partial charge in [0.1, 0.15) is 12.4 Å². The zero-order valence-electron chi connectivity index (χ0n) is 18.3.